The van der Waals surface area contributed by atoms with Crippen LogP contribution in [-0.2, 0) is 38.0 Å². The van der Waals surface area contributed by atoms with Crippen molar-refractivity contribution in [2.75, 3.05) is 7.11 Å². The van der Waals surface area contributed by atoms with Gasteiger partial charge in [0.15, 0.2) is 18.4 Å². The van der Waals surface area contributed by atoms with Crippen molar-refractivity contribution in [3.05, 3.63) is 53.6 Å². The smallest absolute Gasteiger partial charge is 0.331 e. The van der Waals surface area contributed by atoms with Crippen molar-refractivity contribution in [3.63, 3.8) is 0 Å². The molecule has 6 aliphatic rings. The van der Waals surface area contributed by atoms with Crippen LogP contribution in [0.2, 0.25) is 0 Å². The van der Waals surface area contributed by atoms with Gasteiger partial charge in [-0.15, -0.1) is 0 Å². The number of hydrogen-bond donors (Lipinski definition) is 5. The molecular formula is C43H60O13. The Bertz CT molecular complexity index is 1670. The van der Waals surface area contributed by atoms with Crippen LogP contribution in [0.1, 0.15) is 98.0 Å². The Morgan fingerprint density at radius 1 is 0.911 bits per heavy atom. The van der Waals surface area contributed by atoms with Crippen LogP contribution < -0.4 is 0 Å². The summed E-state index contributed by atoms with van der Waals surface area (Å²) in [5.74, 6) is -1.79. The molecule has 310 valence electrons. The van der Waals surface area contributed by atoms with Gasteiger partial charge >= 0.3 is 5.97 Å². The quantitative estimate of drug-likeness (QED) is 0.139. The Hall–Kier alpha value is -2.56. The number of aliphatic hydroxyl groups is 5. The average Bonchev–Trinajstić information content (AvgIpc) is 3.39. The van der Waals surface area contributed by atoms with E-state index in [4.69, 9.17) is 28.4 Å². The molecule has 56 heavy (non-hydrogen) atoms. The zero-order valence-electron chi connectivity index (χ0n) is 33.3. The van der Waals surface area contributed by atoms with E-state index >= 15 is 0 Å². The summed E-state index contributed by atoms with van der Waals surface area (Å²) in [7, 11) is 1.53. The molecule has 13 nitrogen and oxygen atoms in total. The van der Waals surface area contributed by atoms with Gasteiger partial charge in [0.2, 0.25) is 0 Å². The van der Waals surface area contributed by atoms with E-state index in [1.54, 1.807) is 19.9 Å². The number of carbonyl (C=O) groups excluding carboxylic acids is 2. The van der Waals surface area contributed by atoms with Crippen LogP contribution in [0.4, 0.5) is 0 Å². The number of hydrogen-bond acceptors (Lipinski definition) is 13. The lowest BCUT2D eigenvalue weighted by molar-refractivity contribution is -0.320. The number of fused-ring (bicyclic) bond motifs is 5. The maximum absolute atomic E-state index is 13.4. The maximum Gasteiger partial charge on any atom is 0.331 e. The van der Waals surface area contributed by atoms with E-state index in [0.29, 0.717) is 25.7 Å². The highest BCUT2D eigenvalue weighted by Crippen LogP contribution is 2.71. The number of aliphatic hydroxyl groups excluding tert-OH is 2. The molecule has 3 saturated carbocycles. The van der Waals surface area contributed by atoms with Crippen LogP contribution in [0.5, 0.6) is 0 Å². The lowest BCUT2D eigenvalue weighted by Crippen LogP contribution is -2.78. The number of carbonyl (C=O) groups is 2. The second-order valence-corrected chi connectivity index (χ2v) is 17.7. The van der Waals surface area contributed by atoms with Gasteiger partial charge in [0.25, 0.3) is 0 Å². The van der Waals surface area contributed by atoms with Gasteiger partial charge in [-0.25, -0.2) is 4.79 Å². The lowest BCUT2D eigenvalue weighted by Gasteiger charge is -2.67. The molecule has 2 aliphatic heterocycles. The highest BCUT2D eigenvalue weighted by Gasteiger charge is 2.81. The summed E-state index contributed by atoms with van der Waals surface area (Å²) < 4.78 is 36.3. The number of ether oxygens (including phenoxy) is 6. The predicted octanol–water partition coefficient (Wildman–Crippen LogP) is 3.51. The molecule has 7 rings (SSSR count). The number of methoxy groups -OCH3 is 1. The van der Waals surface area contributed by atoms with Crippen molar-refractivity contribution in [1.29, 1.82) is 0 Å². The molecule has 1 unspecified atom stereocenters. The number of ketones is 1. The summed E-state index contributed by atoms with van der Waals surface area (Å²) in [4.78, 5) is 26.6. The molecule has 16 atom stereocenters. The highest BCUT2D eigenvalue weighted by molar-refractivity contribution is 5.88. The second-order valence-electron chi connectivity index (χ2n) is 17.7. The molecule has 1 aromatic carbocycles. The molecule has 0 bridgehead atoms. The van der Waals surface area contributed by atoms with Gasteiger partial charge in [-0.1, -0.05) is 48.9 Å². The third-order valence-corrected chi connectivity index (χ3v) is 14.9. The number of benzene rings is 1. The first-order chi connectivity index (χ1) is 26.4. The molecule has 5 N–H and O–H groups in total. The van der Waals surface area contributed by atoms with Crippen molar-refractivity contribution < 1.29 is 63.5 Å². The van der Waals surface area contributed by atoms with Gasteiger partial charge in [-0.2, -0.15) is 0 Å². The molecule has 2 heterocycles. The van der Waals surface area contributed by atoms with Gasteiger partial charge in [-0.05, 0) is 89.7 Å². The Kier molecular flexibility index (Phi) is 11.3. The molecule has 2 saturated heterocycles. The molecule has 5 fully saturated rings. The van der Waals surface area contributed by atoms with Crippen molar-refractivity contribution in [1.82, 2.24) is 0 Å². The van der Waals surface area contributed by atoms with Crippen LogP contribution >= 0.6 is 0 Å². The summed E-state index contributed by atoms with van der Waals surface area (Å²) in [5.41, 5.74) is -6.19. The van der Waals surface area contributed by atoms with Crippen LogP contribution in [-0.4, -0.2) is 123 Å². The van der Waals surface area contributed by atoms with E-state index in [1.807, 2.05) is 43.3 Å². The largest absolute Gasteiger partial charge is 0.458 e. The van der Waals surface area contributed by atoms with E-state index in [2.05, 4.69) is 6.92 Å². The summed E-state index contributed by atoms with van der Waals surface area (Å²) in [6, 6.07) is 9.27. The number of rotatable bonds is 9. The van der Waals surface area contributed by atoms with Crippen LogP contribution in [0.25, 0.3) is 6.08 Å². The first-order valence-electron chi connectivity index (χ1n) is 20.2. The summed E-state index contributed by atoms with van der Waals surface area (Å²) in [6.07, 6.45) is 0.642. The molecule has 0 amide bonds. The third kappa shape index (κ3) is 6.64. The lowest BCUT2D eigenvalue weighted by atomic mass is 9.42. The van der Waals surface area contributed by atoms with Crippen molar-refractivity contribution in [3.8, 4) is 0 Å². The molecule has 13 heteroatoms. The zero-order valence-corrected chi connectivity index (χ0v) is 33.3. The Morgan fingerprint density at radius 3 is 2.29 bits per heavy atom. The van der Waals surface area contributed by atoms with E-state index in [1.165, 1.54) is 20.1 Å². The van der Waals surface area contributed by atoms with E-state index in [9.17, 15) is 35.1 Å². The Balaban J connectivity index is 1.07. The minimum absolute atomic E-state index is 0.0451. The minimum Gasteiger partial charge on any atom is -0.458 e. The number of esters is 1. The standard InChI is InChI=1S/C43H60O13/c1-24-37(47)31(51-6)22-36(52-24)56-38-25(2)53-35(21-30(38)45)54-29-15-16-39(4)28(20-29)14-17-42(49)32(39)23-33(55-34(46)13-12-27-10-8-7-9-11-27)40(5)41(48,26(3)44)18-19-43(40,42)50/h7-14,24-25,29-33,35-38,45,47-50H,15-23H2,1-6H3/b13-12+/t24-,25+,29-,30-,31-,32?,33+,35-,36-,37+,38+,39-,40+,41+,42-,43+/m0/s1. The molecule has 1 aromatic rings. The SMILES string of the molecule is CO[C@H]1C[C@H](O[C@H]2[C@@H](O)C[C@H](O[C@H]3CC[C@@]4(C)C(=CC[C@]5(O)C4C[C@@H](OC(=O)/C=C/c4ccccc4)[C@@]4(C)[C@]5(O)CC[C@@]4(O)C(C)=O)C3)O[C@@H]2C)O[C@@H](C)[C@H]1O. The first-order valence-corrected chi connectivity index (χ1v) is 20.2. The first kappa shape index (κ1) is 41.6. The fraction of sp³-hybridized carbons (Fsp3) is 0.721. The number of Topliss-reactive ketones (excluding diaryl/α,β-unsaturated/α-hetero) is 1. The van der Waals surface area contributed by atoms with Crippen LogP contribution in [0.3, 0.4) is 0 Å². The fourth-order valence-corrected chi connectivity index (χ4v) is 11.4. The monoisotopic (exact) mass is 784 g/mol. The Labute approximate surface area is 328 Å². The summed E-state index contributed by atoms with van der Waals surface area (Å²) in [6.45, 7) is 8.50. The van der Waals surface area contributed by atoms with Crippen molar-refractivity contribution >= 4 is 17.8 Å². The normalized spacial score (nSPS) is 47.7. The highest BCUT2D eigenvalue weighted by atomic mass is 16.7. The van der Waals surface area contributed by atoms with E-state index < -0.39 is 101 Å². The maximum atomic E-state index is 13.4. The predicted molar refractivity (Wildman–Crippen MR) is 201 cm³/mol. The van der Waals surface area contributed by atoms with Gasteiger partial charge in [-0.3, -0.25) is 4.79 Å². The second kappa shape index (κ2) is 15.2. The van der Waals surface area contributed by atoms with Crippen molar-refractivity contribution in [2.24, 2.45) is 16.7 Å². The minimum atomic E-state index is -2.03. The molecule has 0 radical (unpaired) electrons. The topological polar surface area (TPSA) is 191 Å². The molecular weight excluding hydrogens is 724 g/mol. The molecule has 0 aromatic heterocycles. The zero-order chi connectivity index (χ0) is 40.4. The molecule has 0 spiro atoms. The summed E-state index contributed by atoms with van der Waals surface area (Å²) >= 11 is 0. The third-order valence-electron chi connectivity index (χ3n) is 14.9. The van der Waals surface area contributed by atoms with Crippen LogP contribution in [0, 0.1) is 16.7 Å². The van der Waals surface area contributed by atoms with Gasteiger partial charge in [0.05, 0.1) is 35.9 Å². The Morgan fingerprint density at radius 2 is 1.61 bits per heavy atom. The van der Waals surface area contributed by atoms with E-state index in [0.717, 1.165) is 11.1 Å². The van der Waals surface area contributed by atoms with Crippen molar-refractivity contribution in [2.45, 2.75) is 171 Å². The molecule has 4 aliphatic carbocycles. The van der Waals surface area contributed by atoms with Gasteiger partial charge in [0.1, 0.15) is 35.1 Å². The van der Waals surface area contributed by atoms with Gasteiger partial charge in [0, 0.05) is 31.9 Å². The van der Waals surface area contributed by atoms with E-state index in [-0.39, 0.29) is 38.2 Å². The average molecular weight is 785 g/mol. The van der Waals surface area contributed by atoms with Gasteiger partial charge < -0.3 is 54.0 Å². The summed E-state index contributed by atoms with van der Waals surface area (Å²) in [5, 5.41) is 59.2. The van der Waals surface area contributed by atoms with Crippen LogP contribution in [0.15, 0.2) is 48.1 Å². The fourth-order valence-electron chi connectivity index (χ4n) is 11.4.